The van der Waals surface area contributed by atoms with Crippen molar-refractivity contribution in [2.75, 3.05) is 26.2 Å². The number of piperazine rings is 1. The molecule has 0 saturated carbocycles. The molecule has 4 rings (SSSR count). The van der Waals surface area contributed by atoms with Gasteiger partial charge in [0.25, 0.3) is 0 Å². The highest BCUT2D eigenvalue weighted by molar-refractivity contribution is 7.89. The van der Waals surface area contributed by atoms with Crippen molar-refractivity contribution in [2.45, 2.75) is 11.6 Å². The number of nitriles is 1. The van der Waals surface area contributed by atoms with E-state index in [1.54, 1.807) is 22.8 Å². The Morgan fingerprint density at radius 3 is 2.50 bits per heavy atom. The molecule has 0 unspecified atom stereocenters. The van der Waals surface area contributed by atoms with E-state index in [0.29, 0.717) is 38.4 Å². The summed E-state index contributed by atoms with van der Waals surface area (Å²) in [6.07, 6.45) is 0. The highest BCUT2D eigenvalue weighted by atomic mass is 32.2. The molecule has 0 atom stereocenters. The van der Waals surface area contributed by atoms with Gasteiger partial charge in [0.2, 0.25) is 10.0 Å². The van der Waals surface area contributed by atoms with Crippen molar-refractivity contribution in [3.63, 3.8) is 0 Å². The first-order valence-corrected chi connectivity index (χ1v) is 10.4. The monoisotopic (exact) mass is 399 g/mol. The Morgan fingerprint density at radius 1 is 1.07 bits per heavy atom. The summed E-state index contributed by atoms with van der Waals surface area (Å²) >= 11 is 0. The fourth-order valence-corrected chi connectivity index (χ4v) is 5.09. The molecular formula is C19H19N4O4S+. The minimum Gasteiger partial charge on any atom is -0.408 e. The van der Waals surface area contributed by atoms with Gasteiger partial charge in [-0.25, -0.2) is 17.8 Å². The normalized spacial score (nSPS) is 16.2. The lowest BCUT2D eigenvalue weighted by atomic mass is 10.2. The molecule has 1 fully saturated rings. The van der Waals surface area contributed by atoms with Gasteiger partial charge < -0.3 is 9.32 Å². The van der Waals surface area contributed by atoms with Gasteiger partial charge in [-0.1, -0.05) is 24.3 Å². The maximum atomic E-state index is 12.9. The van der Waals surface area contributed by atoms with Crippen LogP contribution in [0.4, 0.5) is 0 Å². The molecule has 1 saturated heterocycles. The van der Waals surface area contributed by atoms with E-state index in [2.05, 4.69) is 0 Å². The van der Waals surface area contributed by atoms with E-state index in [9.17, 15) is 18.5 Å². The first kappa shape index (κ1) is 18.4. The topological polar surface area (TPSA) is 101 Å². The number of benzene rings is 2. The van der Waals surface area contributed by atoms with Crippen LogP contribution in [0.2, 0.25) is 0 Å². The Labute approximate surface area is 161 Å². The van der Waals surface area contributed by atoms with Crippen LogP contribution >= 0.6 is 0 Å². The molecular weight excluding hydrogens is 380 g/mol. The molecule has 1 N–H and O–H groups in total. The van der Waals surface area contributed by atoms with Crippen LogP contribution in [0.25, 0.3) is 11.1 Å². The lowest BCUT2D eigenvalue weighted by molar-refractivity contribution is -0.926. The number of hydrogen-bond donors (Lipinski definition) is 1. The van der Waals surface area contributed by atoms with Crippen LogP contribution in [0, 0.1) is 11.3 Å². The molecule has 0 amide bonds. The zero-order valence-electron chi connectivity index (χ0n) is 15.0. The molecule has 144 valence electrons. The Balaban J connectivity index is 1.50. The van der Waals surface area contributed by atoms with Gasteiger partial charge in [0.05, 0.1) is 42.2 Å². The van der Waals surface area contributed by atoms with Gasteiger partial charge in [0.15, 0.2) is 12.3 Å². The van der Waals surface area contributed by atoms with E-state index in [0.717, 1.165) is 10.4 Å². The fraction of sp³-hybridized carbons (Fsp3) is 0.263. The smallest absolute Gasteiger partial charge is 0.408 e. The summed E-state index contributed by atoms with van der Waals surface area (Å²) in [4.78, 5) is 13.3. The minimum atomic E-state index is -3.72. The molecule has 0 radical (unpaired) electrons. The van der Waals surface area contributed by atoms with E-state index < -0.39 is 15.8 Å². The third kappa shape index (κ3) is 3.22. The zero-order valence-corrected chi connectivity index (χ0v) is 15.9. The zero-order chi connectivity index (χ0) is 19.7. The van der Waals surface area contributed by atoms with Crippen LogP contribution in [0.5, 0.6) is 0 Å². The standard InChI is InChI=1S/C19H18N4O4S/c20-13-15-5-1-4-8-18(15)28(25,26)22-11-9-21(10-12-22)14-23-16-6-2-3-7-17(16)27-19(23)24/h1-8H,9-12,14H2/p+1. The third-order valence-electron chi connectivity index (χ3n) is 5.01. The van der Waals surface area contributed by atoms with Crippen molar-refractivity contribution < 1.29 is 17.7 Å². The van der Waals surface area contributed by atoms with Gasteiger partial charge in [0, 0.05) is 0 Å². The number of sulfonamides is 1. The van der Waals surface area contributed by atoms with Crippen LogP contribution in [0.1, 0.15) is 5.56 Å². The molecule has 28 heavy (non-hydrogen) atoms. The first-order chi connectivity index (χ1) is 13.5. The summed E-state index contributed by atoms with van der Waals surface area (Å²) < 4.78 is 34.1. The molecule has 8 nitrogen and oxygen atoms in total. The predicted molar refractivity (Wildman–Crippen MR) is 101 cm³/mol. The molecule has 2 aromatic carbocycles. The number of para-hydroxylation sites is 2. The molecule has 1 aliphatic heterocycles. The Hall–Kier alpha value is -2.93. The molecule has 0 spiro atoms. The lowest BCUT2D eigenvalue weighted by Crippen LogP contribution is -3.14. The Morgan fingerprint density at radius 2 is 1.75 bits per heavy atom. The van der Waals surface area contributed by atoms with Gasteiger partial charge in [0.1, 0.15) is 6.07 Å². The van der Waals surface area contributed by atoms with Gasteiger partial charge in [-0.2, -0.15) is 9.57 Å². The fourth-order valence-electron chi connectivity index (χ4n) is 3.51. The second kappa shape index (κ2) is 7.24. The van der Waals surface area contributed by atoms with Gasteiger partial charge in [-0.15, -0.1) is 0 Å². The van der Waals surface area contributed by atoms with Gasteiger partial charge in [-0.3, -0.25) is 0 Å². The second-order valence-corrected chi connectivity index (χ2v) is 8.59. The van der Waals surface area contributed by atoms with Crippen LogP contribution in [0.15, 0.2) is 62.6 Å². The number of quaternary nitrogens is 1. The third-order valence-corrected chi connectivity index (χ3v) is 6.97. The predicted octanol–water partition coefficient (Wildman–Crippen LogP) is 0.0131. The average Bonchev–Trinajstić information content (AvgIpc) is 3.03. The number of nitrogens with zero attached hydrogens (tertiary/aromatic N) is 3. The maximum Gasteiger partial charge on any atom is 0.424 e. The number of nitrogens with one attached hydrogen (secondary N) is 1. The number of rotatable bonds is 4. The Bertz CT molecular complexity index is 1210. The van der Waals surface area contributed by atoms with E-state index in [1.165, 1.54) is 16.4 Å². The quantitative estimate of drug-likeness (QED) is 0.666. The SMILES string of the molecule is N#Cc1ccccc1S(=O)(=O)N1CC[NH+](Cn2c(=O)oc3ccccc32)CC1. The Kier molecular flexibility index (Phi) is 4.77. The molecule has 1 aromatic heterocycles. The van der Waals surface area contributed by atoms with Crippen molar-refractivity contribution in [3.8, 4) is 6.07 Å². The van der Waals surface area contributed by atoms with Crippen molar-refractivity contribution in [1.29, 1.82) is 5.26 Å². The van der Waals surface area contributed by atoms with Crippen molar-refractivity contribution >= 4 is 21.1 Å². The largest absolute Gasteiger partial charge is 0.424 e. The summed E-state index contributed by atoms with van der Waals surface area (Å²) in [5.74, 6) is -0.410. The summed E-state index contributed by atoms with van der Waals surface area (Å²) in [5.41, 5.74) is 1.42. The van der Waals surface area contributed by atoms with Crippen molar-refractivity contribution in [1.82, 2.24) is 8.87 Å². The van der Waals surface area contributed by atoms with Crippen LogP contribution < -0.4 is 10.7 Å². The van der Waals surface area contributed by atoms with E-state index in [1.807, 2.05) is 24.3 Å². The van der Waals surface area contributed by atoms with Crippen LogP contribution in [-0.2, 0) is 16.7 Å². The minimum absolute atomic E-state index is 0.0398. The van der Waals surface area contributed by atoms with Crippen molar-refractivity contribution in [3.05, 3.63) is 64.6 Å². The molecule has 2 heterocycles. The van der Waals surface area contributed by atoms with Gasteiger partial charge >= 0.3 is 5.76 Å². The van der Waals surface area contributed by atoms with Crippen LogP contribution in [-0.4, -0.2) is 43.5 Å². The van der Waals surface area contributed by atoms with E-state index in [-0.39, 0.29) is 10.5 Å². The molecule has 9 heteroatoms. The number of aromatic nitrogens is 1. The highest BCUT2D eigenvalue weighted by Crippen LogP contribution is 2.19. The van der Waals surface area contributed by atoms with E-state index >= 15 is 0 Å². The molecule has 1 aliphatic rings. The number of oxazole rings is 1. The summed E-state index contributed by atoms with van der Waals surface area (Å²) in [7, 11) is -3.72. The number of fused-ring (bicyclic) bond motifs is 1. The molecule has 3 aromatic rings. The number of hydrogen-bond acceptors (Lipinski definition) is 5. The van der Waals surface area contributed by atoms with Crippen LogP contribution in [0.3, 0.4) is 0 Å². The highest BCUT2D eigenvalue weighted by Gasteiger charge is 2.32. The average molecular weight is 399 g/mol. The van der Waals surface area contributed by atoms with Gasteiger partial charge in [-0.05, 0) is 24.3 Å². The summed E-state index contributed by atoms with van der Waals surface area (Å²) in [5, 5.41) is 9.20. The summed E-state index contributed by atoms with van der Waals surface area (Å²) in [6, 6.07) is 15.4. The molecule has 0 aliphatic carbocycles. The lowest BCUT2D eigenvalue weighted by Gasteiger charge is -2.31. The maximum absolute atomic E-state index is 12.9. The second-order valence-electron chi connectivity index (χ2n) is 6.68. The summed E-state index contributed by atoms with van der Waals surface area (Å²) in [6.45, 7) is 2.17. The molecule has 0 bridgehead atoms. The van der Waals surface area contributed by atoms with E-state index in [4.69, 9.17) is 4.42 Å². The first-order valence-electron chi connectivity index (χ1n) is 8.92. The van der Waals surface area contributed by atoms with Crippen molar-refractivity contribution in [2.24, 2.45) is 0 Å².